The van der Waals surface area contributed by atoms with Crippen molar-refractivity contribution < 1.29 is 9.53 Å². The number of nitrogens with two attached hydrogens (primary N) is 1. The highest BCUT2D eigenvalue weighted by molar-refractivity contribution is 5.96. The highest BCUT2D eigenvalue weighted by Crippen LogP contribution is 2.21. The van der Waals surface area contributed by atoms with E-state index in [1.54, 1.807) is 19.1 Å². The molecule has 104 valence electrons. The molecule has 1 heterocycles. The van der Waals surface area contributed by atoms with E-state index in [2.05, 4.69) is 17.3 Å². The van der Waals surface area contributed by atoms with E-state index in [1.165, 1.54) is 0 Å². The van der Waals surface area contributed by atoms with Crippen molar-refractivity contribution in [1.29, 1.82) is 0 Å². The molecule has 1 aromatic carbocycles. The topological polar surface area (TPSA) is 67.6 Å². The van der Waals surface area contributed by atoms with Crippen molar-refractivity contribution in [2.75, 3.05) is 37.8 Å². The minimum absolute atomic E-state index is 0.351. The van der Waals surface area contributed by atoms with E-state index in [1.807, 2.05) is 6.07 Å². The molecule has 1 unspecified atom stereocenters. The highest BCUT2D eigenvalue weighted by atomic mass is 16.5. The number of benzene rings is 1. The number of nitrogens with one attached hydrogen (secondary N) is 1. The van der Waals surface area contributed by atoms with Crippen molar-refractivity contribution in [1.82, 2.24) is 4.90 Å². The average Bonchev–Trinajstić information content (AvgIpc) is 2.77. The number of anilines is 2. The lowest BCUT2D eigenvalue weighted by Gasteiger charge is -2.15. The van der Waals surface area contributed by atoms with Crippen LogP contribution in [0.5, 0.6) is 0 Å². The second-order valence-corrected chi connectivity index (χ2v) is 4.91. The Morgan fingerprint density at radius 3 is 3.00 bits per heavy atom. The van der Waals surface area contributed by atoms with Crippen LogP contribution in [-0.2, 0) is 4.74 Å². The van der Waals surface area contributed by atoms with Crippen LogP contribution in [-0.4, -0.2) is 43.7 Å². The molecule has 3 N–H and O–H groups in total. The van der Waals surface area contributed by atoms with Crippen molar-refractivity contribution >= 4 is 17.3 Å². The first-order valence-electron chi connectivity index (χ1n) is 6.62. The van der Waals surface area contributed by atoms with Crippen LogP contribution >= 0.6 is 0 Å². The number of ether oxygens (including phenoxy) is 1. The van der Waals surface area contributed by atoms with Gasteiger partial charge >= 0.3 is 5.97 Å². The number of hydrogen-bond acceptors (Lipinski definition) is 5. The summed E-state index contributed by atoms with van der Waals surface area (Å²) in [5, 5.41) is 3.43. The molecule has 1 saturated heterocycles. The van der Waals surface area contributed by atoms with Gasteiger partial charge in [-0.25, -0.2) is 4.79 Å². The summed E-state index contributed by atoms with van der Waals surface area (Å²) < 4.78 is 5.00. The minimum atomic E-state index is -0.368. The maximum Gasteiger partial charge on any atom is 0.340 e. The zero-order chi connectivity index (χ0) is 13.8. The molecule has 1 aliphatic rings. The number of nitrogen functional groups attached to an aromatic ring is 1. The highest BCUT2D eigenvalue weighted by Gasteiger charge is 2.19. The number of hydrogen-bond donors (Lipinski definition) is 2. The molecule has 1 atom stereocenters. The molecule has 0 amide bonds. The van der Waals surface area contributed by atoms with E-state index in [4.69, 9.17) is 10.5 Å². The maximum absolute atomic E-state index is 11.8. The normalized spacial score (nSPS) is 19.4. The predicted octanol–water partition coefficient (Wildman–Crippen LogP) is 1.56. The van der Waals surface area contributed by atoms with Gasteiger partial charge in [-0.3, -0.25) is 0 Å². The lowest BCUT2D eigenvalue weighted by atomic mass is 10.1. The van der Waals surface area contributed by atoms with E-state index in [0.717, 1.165) is 25.2 Å². The zero-order valence-corrected chi connectivity index (χ0v) is 11.5. The summed E-state index contributed by atoms with van der Waals surface area (Å²) in [6, 6.07) is 5.83. The predicted molar refractivity (Wildman–Crippen MR) is 76.3 cm³/mol. The molecule has 19 heavy (non-hydrogen) atoms. The Morgan fingerprint density at radius 2 is 2.37 bits per heavy atom. The van der Waals surface area contributed by atoms with E-state index >= 15 is 0 Å². The van der Waals surface area contributed by atoms with Gasteiger partial charge in [0.1, 0.15) is 0 Å². The first-order chi connectivity index (χ1) is 9.10. The van der Waals surface area contributed by atoms with Crippen molar-refractivity contribution in [3.05, 3.63) is 23.8 Å². The minimum Gasteiger partial charge on any atom is -0.462 e. The number of nitrogens with zero attached hydrogens (tertiary/aromatic N) is 1. The van der Waals surface area contributed by atoms with Gasteiger partial charge in [-0.15, -0.1) is 0 Å². The van der Waals surface area contributed by atoms with E-state index < -0.39 is 0 Å². The van der Waals surface area contributed by atoms with Crippen molar-refractivity contribution in [2.24, 2.45) is 0 Å². The van der Waals surface area contributed by atoms with E-state index in [-0.39, 0.29) is 5.97 Å². The first-order valence-corrected chi connectivity index (χ1v) is 6.62. The van der Waals surface area contributed by atoms with Crippen molar-refractivity contribution in [3.63, 3.8) is 0 Å². The monoisotopic (exact) mass is 263 g/mol. The Hall–Kier alpha value is -1.75. The average molecular weight is 263 g/mol. The molecular formula is C14H21N3O2. The van der Waals surface area contributed by atoms with Crippen LogP contribution < -0.4 is 11.1 Å². The molecule has 0 radical (unpaired) electrons. The van der Waals surface area contributed by atoms with Crippen LogP contribution in [0.15, 0.2) is 18.2 Å². The number of carbonyl (C=O) groups excluding carboxylic acids is 1. The third-order valence-corrected chi connectivity index (χ3v) is 3.31. The second-order valence-electron chi connectivity index (χ2n) is 4.91. The third-order valence-electron chi connectivity index (χ3n) is 3.31. The molecule has 0 aliphatic carbocycles. The SMILES string of the molecule is CCOC(=O)c1cc(NC2CCN(C)C2)ccc1N. The standard InChI is InChI=1S/C14H21N3O2/c1-3-19-14(18)12-8-10(4-5-13(12)15)16-11-6-7-17(2)9-11/h4-5,8,11,16H,3,6-7,9,15H2,1-2H3. The van der Waals surface area contributed by atoms with Gasteiger partial charge in [0.25, 0.3) is 0 Å². The molecule has 5 nitrogen and oxygen atoms in total. The Balaban J connectivity index is 2.09. The third kappa shape index (κ3) is 3.38. The molecule has 0 saturated carbocycles. The largest absolute Gasteiger partial charge is 0.462 e. The van der Waals surface area contributed by atoms with Gasteiger partial charge < -0.3 is 20.7 Å². The molecule has 2 rings (SSSR count). The molecule has 0 aromatic heterocycles. The van der Waals surface area contributed by atoms with E-state index in [0.29, 0.717) is 23.9 Å². The fraction of sp³-hybridized carbons (Fsp3) is 0.500. The lowest BCUT2D eigenvalue weighted by Crippen LogP contribution is -2.23. The molecule has 0 spiro atoms. The lowest BCUT2D eigenvalue weighted by molar-refractivity contribution is 0.0527. The summed E-state index contributed by atoms with van der Waals surface area (Å²) in [4.78, 5) is 14.0. The summed E-state index contributed by atoms with van der Waals surface area (Å²) in [7, 11) is 2.11. The number of likely N-dealkylation sites (tertiary alicyclic amines) is 1. The number of rotatable bonds is 4. The van der Waals surface area contributed by atoms with Crippen LogP contribution in [0.2, 0.25) is 0 Å². The molecule has 1 aliphatic heterocycles. The van der Waals surface area contributed by atoms with Gasteiger partial charge in [-0.05, 0) is 45.1 Å². The van der Waals surface area contributed by atoms with Gasteiger partial charge in [0, 0.05) is 24.0 Å². The van der Waals surface area contributed by atoms with Gasteiger partial charge in [0.2, 0.25) is 0 Å². The molecule has 1 aromatic rings. The summed E-state index contributed by atoms with van der Waals surface area (Å²) in [5.74, 6) is -0.368. The van der Waals surface area contributed by atoms with Crippen LogP contribution in [0.25, 0.3) is 0 Å². The number of likely N-dealkylation sites (N-methyl/N-ethyl adjacent to an activating group) is 1. The Morgan fingerprint density at radius 1 is 1.58 bits per heavy atom. The molecule has 0 bridgehead atoms. The van der Waals surface area contributed by atoms with Gasteiger partial charge in [-0.2, -0.15) is 0 Å². The van der Waals surface area contributed by atoms with Crippen LogP contribution in [0.4, 0.5) is 11.4 Å². The van der Waals surface area contributed by atoms with Crippen LogP contribution in [0.1, 0.15) is 23.7 Å². The fourth-order valence-corrected chi connectivity index (χ4v) is 2.32. The fourth-order valence-electron chi connectivity index (χ4n) is 2.32. The zero-order valence-electron chi connectivity index (χ0n) is 11.5. The summed E-state index contributed by atoms with van der Waals surface area (Å²) in [6.07, 6.45) is 1.11. The summed E-state index contributed by atoms with van der Waals surface area (Å²) in [5.41, 5.74) is 7.61. The Labute approximate surface area is 113 Å². The van der Waals surface area contributed by atoms with Gasteiger partial charge in [0.15, 0.2) is 0 Å². The molecule has 5 heteroatoms. The number of carbonyl (C=O) groups is 1. The molecule has 1 fully saturated rings. The molecular weight excluding hydrogens is 242 g/mol. The summed E-state index contributed by atoms with van der Waals surface area (Å²) in [6.45, 7) is 4.24. The van der Waals surface area contributed by atoms with Gasteiger partial charge in [0.05, 0.1) is 12.2 Å². The quantitative estimate of drug-likeness (QED) is 0.637. The second kappa shape index (κ2) is 5.93. The summed E-state index contributed by atoms with van der Waals surface area (Å²) >= 11 is 0. The van der Waals surface area contributed by atoms with Gasteiger partial charge in [-0.1, -0.05) is 0 Å². The van der Waals surface area contributed by atoms with E-state index in [9.17, 15) is 4.79 Å². The first kappa shape index (κ1) is 13.7. The Kier molecular flexibility index (Phi) is 4.27. The number of esters is 1. The Bertz CT molecular complexity index is 462. The van der Waals surface area contributed by atoms with Crippen molar-refractivity contribution in [2.45, 2.75) is 19.4 Å². The smallest absolute Gasteiger partial charge is 0.340 e. The van der Waals surface area contributed by atoms with Crippen molar-refractivity contribution in [3.8, 4) is 0 Å². The maximum atomic E-state index is 11.8. The van der Waals surface area contributed by atoms with Crippen LogP contribution in [0.3, 0.4) is 0 Å². The van der Waals surface area contributed by atoms with Crippen LogP contribution in [0, 0.1) is 0 Å².